The first-order valence-corrected chi connectivity index (χ1v) is 7.66. The highest BCUT2D eigenvalue weighted by Gasteiger charge is 2.24. The molecule has 5 nitrogen and oxygen atoms in total. The summed E-state index contributed by atoms with van der Waals surface area (Å²) in [7, 11) is 0. The van der Waals surface area contributed by atoms with Gasteiger partial charge in [0, 0.05) is 13.1 Å². The van der Waals surface area contributed by atoms with Crippen molar-refractivity contribution in [1.29, 1.82) is 0 Å². The van der Waals surface area contributed by atoms with Gasteiger partial charge in [-0.3, -0.25) is 4.79 Å². The Bertz CT molecular complexity index is 535. The van der Waals surface area contributed by atoms with E-state index < -0.39 is 17.7 Å². The fraction of sp³-hybridized carbons (Fsp3) is 0.444. The van der Waals surface area contributed by atoms with E-state index in [1.165, 1.54) is 0 Å². The highest BCUT2D eigenvalue weighted by Crippen LogP contribution is 2.09. The Morgan fingerprint density at radius 3 is 2.43 bits per heavy atom. The molecule has 0 fully saturated rings. The summed E-state index contributed by atoms with van der Waals surface area (Å²) in [5, 5.41) is 2.57. The van der Waals surface area contributed by atoms with Gasteiger partial charge in [0.25, 0.3) is 0 Å². The molecule has 1 N–H and O–H groups in total. The van der Waals surface area contributed by atoms with Gasteiger partial charge < -0.3 is 15.0 Å². The monoisotopic (exact) mass is 318 g/mol. The number of hydrogen-bond donors (Lipinski definition) is 1. The van der Waals surface area contributed by atoms with Crippen molar-refractivity contribution >= 4 is 12.0 Å². The Hall–Kier alpha value is -2.30. The lowest BCUT2D eigenvalue weighted by Gasteiger charge is -2.26. The third-order valence-electron chi connectivity index (χ3n) is 2.98. The van der Waals surface area contributed by atoms with Crippen LogP contribution in [0, 0.1) is 0 Å². The molecule has 1 atom stereocenters. The highest BCUT2D eigenvalue weighted by molar-refractivity contribution is 5.85. The number of carbonyl (C=O) groups is 2. The van der Waals surface area contributed by atoms with E-state index in [4.69, 9.17) is 4.74 Å². The predicted molar refractivity (Wildman–Crippen MR) is 90.9 cm³/mol. The normalized spacial score (nSPS) is 12.2. The van der Waals surface area contributed by atoms with E-state index in [-0.39, 0.29) is 5.91 Å². The zero-order valence-electron chi connectivity index (χ0n) is 14.3. The Morgan fingerprint density at radius 1 is 1.30 bits per heavy atom. The second-order valence-corrected chi connectivity index (χ2v) is 6.36. The lowest BCUT2D eigenvalue weighted by molar-refractivity contribution is -0.133. The highest BCUT2D eigenvalue weighted by atomic mass is 16.6. The third-order valence-corrected chi connectivity index (χ3v) is 2.98. The molecule has 23 heavy (non-hydrogen) atoms. The molecule has 0 unspecified atom stereocenters. The van der Waals surface area contributed by atoms with Crippen molar-refractivity contribution in [2.24, 2.45) is 0 Å². The predicted octanol–water partition coefficient (Wildman–Crippen LogP) is 3.11. The lowest BCUT2D eigenvalue weighted by atomic mass is 10.2. The Balaban J connectivity index is 2.69. The molecular weight excluding hydrogens is 292 g/mol. The van der Waals surface area contributed by atoms with Crippen molar-refractivity contribution in [3.8, 4) is 0 Å². The van der Waals surface area contributed by atoms with E-state index in [2.05, 4.69) is 11.9 Å². The van der Waals surface area contributed by atoms with Crippen molar-refractivity contribution in [2.75, 3.05) is 6.54 Å². The summed E-state index contributed by atoms with van der Waals surface area (Å²) in [5.74, 6) is -0.181. The first-order chi connectivity index (χ1) is 10.7. The van der Waals surface area contributed by atoms with Gasteiger partial charge in [-0.05, 0) is 33.3 Å². The summed E-state index contributed by atoms with van der Waals surface area (Å²) >= 11 is 0. The maximum atomic E-state index is 12.5. The maximum Gasteiger partial charge on any atom is 0.408 e. The summed E-state index contributed by atoms with van der Waals surface area (Å²) in [6, 6.07) is 9.01. The standard InChI is InChI=1S/C18H26N2O3/c1-6-12-20(13-15-10-8-7-9-11-15)16(21)14(2)19-17(22)23-18(3,4)5/h6-11,14H,1,12-13H2,2-5H3,(H,19,22)/t14-/m0/s1. The minimum atomic E-state index is -0.673. The van der Waals surface area contributed by atoms with Gasteiger partial charge in [-0.25, -0.2) is 4.79 Å². The van der Waals surface area contributed by atoms with Crippen LogP contribution in [0.5, 0.6) is 0 Å². The zero-order chi connectivity index (χ0) is 17.5. The van der Waals surface area contributed by atoms with Crippen molar-refractivity contribution in [2.45, 2.75) is 45.9 Å². The molecule has 126 valence electrons. The van der Waals surface area contributed by atoms with Crippen molar-refractivity contribution in [1.82, 2.24) is 10.2 Å². The molecule has 0 radical (unpaired) electrons. The summed E-state index contributed by atoms with van der Waals surface area (Å²) in [6.45, 7) is 11.5. The fourth-order valence-corrected chi connectivity index (χ4v) is 2.01. The molecule has 1 rings (SSSR count). The number of carbonyl (C=O) groups excluding carboxylic acids is 2. The molecule has 0 bridgehead atoms. The number of rotatable bonds is 6. The minimum absolute atomic E-state index is 0.181. The van der Waals surface area contributed by atoms with Crippen LogP contribution in [0.15, 0.2) is 43.0 Å². The second kappa shape index (κ2) is 8.36. The quantitative estimate of drug-likeness (QED) is 0.820. The van der Waals surface area contributed by atoms with E-state index in [9.17, 15) is 9.59 Å². The van der Waals surface area contributed by atoms with Crippen LogP contribution < -0.4 is 5.32 Å². The lowest BCUT2D eigenvalue weighted by Crippen LogP contribution is -2.48. The number of nitrogens with one attached hydrogen (secondary N) is 1. The van der Waals surface area contributed by atoms with Crippen LogP contribution in [0.3, 0.4) is 0 Å². The zero-order valence-corrected chi connectivity index (χ0v) is 14.3. The SMILES string of the molecule is C=CCN(Cc1ccccc1)C(=O)[C@H](C)NC(=O)OC(C)(C)C. The van der Waals surface area contributed by atoms with Crippen LogP contribution in [-0.4, -0.2) is 35.1 Å². The average Bonchev–Trinajstić information content (AvgIpc) is 2.45. The van der Waals surface area contributed by atoms with E-state index in [1.807, 2.05) is 30.3 Å². The molecule has 0 heterocycles. The van der Waals surface area contributed by atoms with Crippen LogP contribution in [-0.2, 0) is 16.1 Å². The van der Waals surface area contributed by atoms with Gasteiger partial charge >= 0.3 is 6.09 Å². The fourth-order valence-electron chi connectivity index (χ4n) is 2.01. The molecule has 1 aromatic carbocycles. The molecular formula is C18H26N2O3. The number of hydrogen-bond acceptors (Lipinski definition) is 3. The van der Waals surface area contributed by atoms with Crippen LogP contribution >= 0.6 is 0 Å². The van der Waals surface area contributed by atoms with E-state index in [0.29, 0.717) is 13.1 Å². The van der Waals surface area contributed by atoms with E-state index in [0.717, 1.165) is 5.56 Å². The van der Waals surface area contributed by atoms with Gasteiger partial charge in [0.05, 0.1) is 0 Å². The molecule has 0 spiro atoms. The number of benzene rings is 1. The summed E-state index contributed by atoms with van der Waals surface area (Å²) in [5.41, 5.74) is 0.421. The molecule has 2 amide bonds. The molecule has 0 aliphatic heterocycles. The van der Waals surface area contributed by atoms with Gasteiger partial charge in [0.2, 0.25) is 5.91 Å². The molecule has 0 aliphatic carbocycles. The molecule has 0 saturated heterocycles. The largest absolute Gasteiger partial charge is 0.444 e. The Kier molecular flexibility index (Phi) is 6.82. The number of amides is 2. The summed E-state index contributed by atoms with van der Waals surface area (Å²) in [6.07, 6.45) is 1.07. The van der Waals surface area contributed by atoms with Crippen molar-refractivity contribution < 1.29 is 14.3 Å². The minimum Gasteiger partial charge on any atom is -0.444 e. The summed E-state index contributed by atoms with van der Waals surface area (Å²) < 4.78 is 5.18. The number of ether oxygens (including phenoxy) is 1. The van der Waals surface area contributed by atoms with Gasteiger partial charge in [-0.2, -0.15) is 0 Å². The molecule has 0 saturated carbocycles. The number of alkyl carbamates (subject to hydrolysis) is 1. The molecule has 0 aromatic heterocycles. The second-order valence-electron chi connectivity index (χ2n) is 6.36. The topological polar surface area (TPSA) is 58.6 Å². The van der Waals surface area contributed by atoms with E-state index in [1.54, 1.807) is 38.7 Å². The van der Waals surface area contributed by atoms with Crippen molar-refractivity contribution in [3.63, 3.8) is 0 Å². The smallest absolute Gasteiger partial charge is 0.408 e. The van der Waals surface area contributed by atoms with Crippen LogP contribution in [0.25, 0.3) is 0 Å². The summed E-state index contributed by atoms with van der Waals surface area (Å²) in [4.78, 5) is 26.0. The van der Waals surface area contributed by atoms with Crippen LogP contribution in [0.2, 0.25) is 0 Å². The first-order valence-electron chi connectivity index (χ1n) is 7.66. The maximum absolute atomic E-state index is 12.5. The molecule has 0 aliphatic rings. The van der Waals surface area contributed by atoms with Crippen molar-refractivity contribution in [3.05, 3.63) is 48.6 Å². The van der Waals surface area contributed by atoms with Gasteiger partial charge in [0.15, 0.2) is 0 Å². The Labute approximate surface area is 138 Å². The molecule has 1 aromatic rings. The molecule has 5 heteroatoms. The van der Waals surface area contributed by atoms with Crippen LogP contribution in [0.4, 0.5) is 4.79 Å². The first kappa shape index (κ1) is 18.7. The van der Waals surface area contributed by atoms with E-state index >= 15 is 0 Å². The van der Waals surface area contributed by atoms with Gasteiger partial charge in [-0.15, -0.1) is 6.58 Å². The Morgan fingerprint density at radius 2 is 1.91 bits per heavy atom. The van der Waals surface area contributed by atoms with Gasteiger partial charge in [-0.1, -0.05) is 36.4 Å². The average molecular weight is 318 g/mol. The van der Waals surface area contributed by atoms with Crippen LogP contribution in [0.1, 0.15) is 33.3 Å². The number of nitrogens with zero attached hydrogens (tertiary/aromatic N) is 1. The van der Waals surface area contributed by atoms with Gasteiger partial charge in [0.1, 0.15) is 11.6 Å². The third kappa shape index (κ3) is 7.00.